The van der Waals surface area contributed by atoms with Crippen molar-refractivity contribution in [1.82, 2.24) is 0 Å². The van der Waals surface area contributed by atoms with Gasteiger partial charge in [0.25, 0.3) is 0 Å². The fourth-order valence-electron chi connectivity index (χ4n) is 0. The molecule has 0 saturated carbocycles. The largest absolute Gasteiger partial charge is 0.400 e. The topological polar surface area (TPSA) is 61.1 Å². The molecule has 0 aliphatic carbocycles. The summed E-state index contributed by atoms with van der Waals surface area (Å²) in [4.78, 5) is 0. The quantitative estimate of drug-likeness (QED) is 0.535. The Morgan fingerprint density at radius 1 is 1.44 bits per heavy atom. The van der Waals surface area contributed by atoms with E-state index in [2.05, 4.69) is 0 Å². The molecule has 1 N–H and O–H groups in total. The normalized spacial score (nSPS) is 5.44. The van der Waals surface area contributed by atoms with Crippen LogP contribution in [0.1, 0.15) is 6.92 Å². The summed E-state index contributed by atoms with van der Waals surface area (Å²) < 4.78 is 9.56. The van der Waals surface area contributed by atoms with Gasteiger partial charge in [0, 0.05) is 37.3 Å². The van der Waals surface area contributed by atoms with Crippen LogP contribution < -0.4 is 0 Å². The van der Waals surface area contributed by atoms with Crippen molar-refractivity contribution in [3.63, 3.8) is 0 Å². The molecule has 4 heteroatoms. The van der Waals surface area contributed by atoms with E-state index >= 15 is 0 Å². The highest BCUT2D eigenvalue weighted by Crippen LogP contribution is 1.47. The summed E-state index contributed by atoms with van der Waals surface area (Å²) in [6.07, 6.45) is 3.28. The zero-order valence-corrected chi connectivity index (χ0v) is 7.03. The van der Waals surface area contributed by atoms with E-state index in [1.807, 2.05) is 0 Å². The fourth-order valence-corrected chi connectivity index (χ4v) is 0. The van der Waals surface area contributed by atoms with Crippen LogP contribution in [0.5, 0.6) is 0 Å². The summed E-state index contributed by atoms with van der Waals surface area (Å²) >= 11 is 0. The van der Waals surface area contributed by atoms with Gasteiger partial charge in [0.15, 0.2) is 0 Å². The molecular formula is C5H13NO2S. The molecule has 0 aliphatic rings. The second-order valence-corrected chi connectivity index (χ2v) is 2.45. The Hall–Kier alpha value is -0.400. The molecule has 0 rings (SSSR count). The van der Waals surface area contributed by atoms with Gasteiger partial charge in [-0.15, -0.1) is 0 Å². The molecule has 9 heavy (non-hydrogen) atoms. The van der Waals surface area contributed by atoms with Crippen molar-refractivity contribution >= 4 is 10.8 Å². The molecular weight excluding hydrogens is 138 g/mol. The van der Waals surface area contributed by atoms with Crippen LogP contribution in [0.3, 0.4) is 0 Å². The zero-order chi connectivity index (χ0) is 8.28. The van der Waals surface area contributed by atoms with Crippen LogP contribution in [0, 0.1) is 11.3 Å². The lowest BCUT2D eigenvalue weighted by Gasteiger charge is -1.60. The summed E-state index contributed by atoms with van der Waals surface area (Å²) in [6.45, 7) is 1.43. The van der Waals surface area contributed by atoms with Crippen molar-refractivity contribution in [2.45, 2.75) is 6.92 Å². The molecule has 0 aromatic carbocycles. The molecule has 3 nitrogen and oxygen atoms in total. The van der Waals surface area contributed by atoms with Gasteiger partial charge in [-0.1, -0.05) is 0 Å². The third kappa shape index (κ3) is 1490. The summed E-state index contributed by atoms with van der Waals surface area (Å²) in [5.74, 6) is 0. The first-order chi connectivity index (χ1) is 4.15. The standard InChI is InChI=1S/C2H3N.C2H6OS.CH4O/c1-2-3;1-4(2)3;1-2/h1H3;1-2H3;2H,1H3. The van der Waals surface area contributed by atoms with Gasteiger partial charge in [0.05, 0.1) is 6.07 Å². The van der Waals surface area contributed by atoms with Gasteiger partial charge in [-0.2, -0.15) is 5.26 Å². The van der Waals surface area contributed by atoms with Crippen molar-refractivity contribution in [2.75, 3.05) is 19.6 Å². The van der Waals surface area contributed by atoms with E-state index in [0.29, 0.717) is 0 Å². The Labute approximate surface area is 58.8 Å². The molecule has 56 valence electrons. The maximum absolute atomic E-state index is 9.56. The molecule has 0 amide bonds. The number of rotatable bonds is 0. The molecule has 0 spiro atoms. The molecule has 0 unspecified atom stereocenters. The highest BCUT2D eigenvalue weighted by molar-refractivity contribution is 7.83. The van der Waals surface area contributed by atoms with Gasteiger partial charge in [0.2, 0.25) is 0 Å². The Bertz CT molecular complexity index is 83.4. The summed E-state index contributed by atoms with van der Waals surface area (Å²) in [7, 11) is 0.389. The molecule has 0 atom stereocenters. The summed E-state index contributed by atoms with van der Waals surface area (Å²) in [6, 6.07) is 1.75. The first-order valence-electron chi connectivity index (χ1n) is 2.15. The number of hydrogen-bond donors (Lipinski definition) is 1. The lowest BCUT2D eigenvalue weighted by molar-refractivity contribution is 0.399. The van der Waals surface area contributed by atoms with Crippen LogP contribution in [-0.2, 0) is 10.8 Å². The van der Waals surface area contributed by atoms with Crippen LogP contribution >= 0.6 is 0 Å². The summed E-state index contributed by atoms with van der Waals surface area (Å²) in [5, 5.41) is 14.3. The third-order valence-electron chi connectivity index (χ3n) is 0. The summed E-state index contributed by atoms with van der Waals surface area (Å²) in [5.41, 5.74) is 0. The van der Waals surface area contributed by atoms with Gasteiger partial charge >= 0.3 is 0 Å². The van der Waals surface area contributed by atoms with E-state index in [9.17, 15) is 4.21 Å². The van der Waals surface area contributed by atoms with Gasteiger partial charge < -0.3 is 5.11 Å². The van der Waals surface area contributed by atoms with E-state index in [1.165, 1.54) is 6.92 Å². The van der Waals surface area contributed by atoms with E-state index in [1.54, 1.807) is 18.6 Å². The van der Waals surface area contributed by atoms with Crippen molar-refractivity contribution in [3.05, 3.63) is 0 Å². The number of hydrogen-bond acceptors (Lipinski definition) is 3. The van der Waals surface area contributed by atoms with Crippen LogP contribution in [0.15, 0.2) is 0 Å². The number of aliphatic hydroxyl groups is 1. The van der Waals surface area contributed by atoms with Gasteiger partial charge in [-0.05, 0) is 0 Å². The average Bonchev–Trinajstić information content (AvgIpc) is 1.71. The Balaban J connectivity index is -0.0000000646. The van der Waals surface area contributed by atoms with Crippen LogP contribution in [0.25, 0.3) is 0 Å². The highest BCUT2D eigenvalue weighted by Gasteiger charge is 1.57. The Kier molecular flexibility index (Phi) is 45.0. The lowest BCUT2D eigenvalue weighted by Crippen LogP contribution is -1.70. The maximum Gasteiger partial charge on any atom is 0.0587 e. The Morgan fingerprint density at radius 3 is 1.44 bits per heavy atom. The first-order valence-corrected chi connectivity index (χ1v) is 4.12. The Morgan fingerprint density at radius 2 is 1.44 bits per heavy atom. The van der Waals surface area contributed by atoms with Gasteiger partial charge in [0.1, 0.15) is 0 Å². The SMILES string of the molecule is CC#N.CO.CS(C)=O. The monoisotopic (exact) mass is 151 g/mol. The third-order valence-corrected chi connectivity index (χ3v) is 0. The predicted molar refractivity (Wildman–Crippen MR) is 39.4 cm³/mol. The molecule has 0 aromatic heterocycles. The van der Waals surface area contributed by atoms with Crippen LogP contribution in [0.2, 0.25) is 0 Å². The minimum Gasteiger partial charge on any atom is -0.400 e. The van der Waals surface area contributed by atoms with Crippen LogP contribution in [0.4, 0.5) is 0 Å². The molecule has 0 aliphatic heterocycles. The van der Waals surface area contributed by atoms with E-state index < -0.39 is 10.8 Å². The minimum atomic E-state index is -0.611. The van der Waals surface area contributed by atoms with Crippen molar-refractivity contribution in [3.8, 4) is 6.07 Å². The van der Waals surface area contributed by atoms with Crippen molar-refractivity contribution in [1.29, 1.82) is 5.26 Å². The molecule has 0 heterocycles. The highest BCUT2D eigenvalue weighted by atomic mass is 32.2. The van der Waals surface area contributed by atoms with Crippen molar-refractivity contribution < 1.29 is 9.32 Å². The molecule has 0 aromatic rings. The van der Waals surface area contributed by atoms with Gasteiger partial charge in [-0.25, -0.2) is 0 Å². The average molecular weight is 151 g/mol. The first kappa shape index (κ1) is 15.8. The molecule has 0 bridgehead atoms. The molecule has 0 saturated heterocycles. The maximum atomic E-state index is 9.56. The number of nitriles is 1. The smallest absolute Gasteiger partial charge is 0.0587 e. The van der Waals surface area contributed by atoms with Gasteiger partial charge in [-0.3, -0.25) is 4.21 Å². The lowest BCUT2D eigenvalue weighted by atomic mass is 11.0. The fraction of sp³-hybridized carbons (Fsp3) is 0.800. The van der Waals surface area contributed by atoms with E-state index in [0.717, 1.165) is 7.11 Å². The van der Waals surface area contributed by atoms with E-state index in [-0.39, 0.29) is 0 Å². The second kappa shape index (κ2) is 25.5. The number of aliphatic hydroxyl groups excluding tert-OH is 1. The van der Waals surface area contributed by atoms with Crippen molar-refractivity contribution in [2.24, 2.45) is 0 Å². The van der Waals surface area contributed by atoms with E-state index in [4.69, 9.17) is 10.4 Å². The zero-order valence-electron chi connectivity index (χ0n) is 6.21. The molecule has 0 radical (unpaired) electrons. The minimum absolute atomic E-state index is 0.611. The van der Waals surface area contributed by atoms with Crippen LogP contribution in [-0.4, -0.2) is 28.9 Å². The molecule has 0 fully saturated rings. The predicted octanol–water partition coefficient (Wildman–Crippen LogP) is 0.133. The second-order valence-electron chi connectivity index (χ2n) is 0.965. The number of nitrogens with zero attached hydrogens (tertiary/aromatic N) is 1.